The highest BCUT2D eigenvalue weighted by atomic mass is 15.0. The lowest BCUT2D eigenvalue weighted by Crippen LogP contribution is -2.13. The van der Waals surface area contributed by atoms with Gasteiger partial charge in [0.05, 0.1) is 0 Å². The SMILES string of the molecule is C=CC(/C=C(/CC)CCN(C)C)=C\C=C/C.CC. The molecule has 0 aliphatic carbocycles. The molecule has 1 heteroatoms. The van der Waals surface area contributed by atoms with Crippen LogP contribution in [0.25, 0.3) is 0 Å². The van der Waals surface area contributed by atoms with Gasteiger partial charge in [0, 0.05) is 6.54 Å². The second-order valence-corrected chi connectivity index (χ2v) is 4.11. The first-order valence-electron chi connectivity index (χ1n) is 6.93. The largest absolute Gasteiger partial charge is 0.309 e. The van der Waals surface area contributed by atoms with Crippen LogP contribution in [-0.2, 0) is 0 Å². The lowest BCUT2D eigenvalue weighted by Gasteiger charge is -2.11. The average molecular weight is 249 g/mol. The van der Waals surface area contributed by atoms with Gasteiger partial charge < -0.3 is 4.90 Å². The molecule has 1 nitrogen and oxygen atoms in total. The summed E-state index contributed by atoms with van der Waals surface area (Å²) in [6, 6.07) is 0. The maximum atomic E-state index is 3.84. The van der Waals surface area contributed by atoms with Crippen LogP contribution in [0.4, 0.5) is 0 Å². The van der Waals surface area contributed by atoms with Crippen molar-refractivity contribution in [3.63, 3.8) is 0 Å². The van der Waals surface area contributed by atoms with Crippen molar-refractivity contribution in [2.45, 2.75) is 40.5 Å². The minimum atomic E-state index is 1.10. The van der Waals surface area contributed by atoms with Crippen molar-refractivity contribution < 1.29 is 0 Å². The van der Waals surface area contributed by atoms with Gasteiger partial charge in [-0.15, -0.1) is 0 Å². The molecule has 0 aromatic rings. The van der Waals surface area contributed by atoms with Crippen LogP contribution in [-0.4, -0.2) is 25.5 Å². The predicted octanol–water partition coefficient (Wildman–Crippen LogP) is 4.99. The fourth-order valence-electron chi connectivity index (χ4n) is 1.34. The predicted molar refractivity (Wildman–Crippen MR) is 86.0 cm³/mol. The van der Waals surface area contributed by atoms with Crippen molar-refractivity contribution in [3.8, 4) is 0 Å². The summed E-state index contributed by atoms with van der Waals surface area (Å²) in [6.07, 6.45) is 12.6. The van der Waals surface area contributed by atoms with Gasteiger partial charge in [-0.2, -0.15) is 0 Å². The molecular formula is C17H31N. The maximum absolute atomic E-state index is 3.84. The highest BCUT2D eigenvalue weighted by Crippen LogP contribution is 2.12. The Morgan fingerprint density at radius 2 is 1.83 bits per heavy atom. The van der Waals surface area contributed by atoms with Crippen molar-refractivity contribution in [1.82, 2.24) is 4.90 Å². The number of nitrogens with zero attached hydrogens (tertiary/aromatic N) is 1. The molecule has 0 saturated heterocycles. The van der Waals surface area contributed by atoms with E-state index >= 15 is 0 Å². The Morgan fingerprint density at radius 3 is 2.22 bits per heavy atom. The standard InChI is InChI=1S/C15H25N.C2H6/c1-6-9-10-14(7-2)13-15(8-3)11-12-16(4)5;1-2/h6-7,9-10,13H,2,8,11-12H2,1,3-5H3;1-2H3/b9-6-,14-10+,15-13-;. The molecule has 0 aliphatic rings. The topological polar surface area (TPSA) is 3.24 Å². The Labute approximate surface area is 115 Å². The third-order valence-electron chi connectivity index (χ3n) is 2.42. The molecule has 0 aliphatic heterocycles. The van der Waals surface area contributed by atoms with Crippen molar-refractivity contribution in [1.29, 1.82) is 0 Å². The van der Waals surface area contributed by atoms with E-state index in [4.69, 9.17) is 0 Å². The van der Waals surface area contributed by atoms with Crippen molar-refractivity contribution >= 4 is 0 Å². The van der Waals surface area contributed by atoms with E-state index in [1.807, 2.05) is 39.0 Å². The molecule has 0 atom stereocenters. The van der Waals surface area contributed by atoms with E-state index in [9.17, 15) is 0 Å². The van der Waals surface area contributed by atoms with Gasteiger partial charge in [-0.1, -0.05) is 63.3 Å². The summed E-state index contributed by atoms with van der Waals surface area (Å²) in [5.41, 5.74) is 2.66. The summed E-state index contributed by atoms with van der Waals surface area (Å²) in [4.78, 5) is 2.22. The third-order valence-corrected chi connectivity index (χ3v) is 2.42. The highest BCUT2D eigenvalue weighted by Gasteiger charge is 1.97. The van der Waals surface area contributed by atoms with E-state index in [1.54, 1.807) is 0 Å². The van der Waals surface area contributed by atoms with Crippen molar-refractivity contribution in [2.75, 3.05) is 20.6 Å². The van der Waals surface area contributed by atoms with Gasteiger partial charge in [-0.05, 0) is 39.4 Å². The van der Waals surface area contributed by atoms with Gasteiger partial charge in [0.25, 0.3) is 0 Å². The molecule has 0 saturated carbocycles. The van der Waals surface area contributed by atoms with E-state index in [0.717, 1.165) is 19.4 Å². The first-order chi connectivity index (χ1) is 8.63. The molecule has 0 aromatic carbocycles. The van der Waals surface area contributed by atoms with Crippen LogP contribution < -0.4 is 0 Å². The summed E-state index contributed by atoms with van der Waals surface area (Å²) in [5, 5.41) is 0. The zero-order valence-electron chi connectivity index (χ0n) is 13.2. The lowest BCUT2D eigenvalue weighted by molar-refractivity contribution is 0.411. The number of rotatable bonds is 7. The first-order valence-corrected chi connectivity index (χ1v) is 6.93. The molecule has 0 fully saturated rings. The Kier molecular flexibility index (Phi) is 15.0. The molecule has 0 spiro atoms. The average Bonchev–Trinajstić information content (AvgIpc) is 2.40. The van der Waals surface area contributed by atoms with E-state index in [1.165, 1.54) is 11.1 Å². The Balaban J connectivity index is 0. The number of hydrogen-bond donors (Lipinski definition) is 0. The molecule has 0 radical (unpaired) electrons. The smallest absolute Gasteiger partial charge is 0.00126 e. The molecule has 0 rings (SSSR count). The van der Waals surface area contributed by atoms with E-state index in [2.05, 4.69) is 44.6 Å². The molecule has 0 N–H and O–H groups in total. The summed E-state index contributed by atoms with van der Waals surface area (Å²) in [6.45, 7) is 13.2. The van der Waals surface area contributed by atoms with E-state index < -0.39 is 0 Å². The van der Waals surface area contributed by atoms with Gasteiger partial charge in [0.2, 0.25) is 0 Å². The summed E-state index contributed by atoms with van der Waals surface area (Å²) in [7, 11) is 4.22. The summed E-state index contributed by atoms with van der Waals surface area (Å²) >= 11 is 0. The normalized spacial score (nSPS) is 12.6. The van der Waals surface area contributed by atoms with E-state index in [0.29, 0.717) is 0 Å². The van der Waals surface area contributed by atoms with Crippen LogP contribution in [0.2, 0.25) is 0 Å². The summed E-state index contributed by atoms with van der Waals surface area (Å²) in [5.74, 6) is 0. The Morgan fingerprint density at radius 1 is 1.22 bits per heavy atom. The first kappa shape index (κ1) is 19.3. The van der Waals surface area contributed by atoms with Crippen LogP contribution in [0, 0.1) is 0 Å². The van der Waals surface area contributed by atoms with E-state index in [-0.39, 0.29) is 0 Å². The molecule has 0 bridgehead atoms. The molecule has 0 heterocycles. The highest BCUT2D eigenvalue weighted by molar-refractivity contribution is 5.35. The molecule has 0 aromatic heterocycles. The van der Waals surface area contributed by atoms with Crippen molar-refractivity contribution in [2.24, 2.45) is 0 Å². The van der Waals surface area contributed by atoms with Crippen LogP contribution in [0.15, 0.2) is 48.1 Å². The van der Waals surface area contributed by atoms with Crippen LogP contribution in [0.1, 0.15) is 40.5 Å². The van der Waals surface area contributed by atoms with Gasteiger partial charge >= 0.3 is 0 Å². The second kappa shape index (κ2) is 14.0. The van der Waals surface area contributed by atoms with Crippen LogP contribution in [0.3, 0.4) is 0 Å². The monoisotopic (exact) mass is 249 g/mol. The maximum Gasteiger partial charge on any atom is 0.00126 e. The quantitative estimate of drug-likeness (QED) is 0.575. The molecule has 0 unspecified atom stereocenters. The van der Waals surface area contributed by atoms with Gasteiger partial charge in [0.15, 0.2) is 0 Å². The second-order valence-electron chi connectivity index (χ2n) is 4.11. The van der Waals surface area contributed by atoms with Gasteiger partial charge in [-0.25, -0.2) is 0 Å². The molecule has 18 heavy (non-hydrogen) atoms. The van der Waals surface area contributed by atoms with Gasteiger partial charge in [0.1, 0.15) is 0 Å². The number of allylic oxidation sites excluding steroid dienone is 6. The lowest BCUT2D eigenvalue weighted by atomic mass is 10.1. The minimum Gasteiger partial charge on any atom is -0.309 e. The fourth-order valence-corrected chi connectivity index (χ4v) is 1.34. The van der Waals surface area contributed by atoms with Crippen LogP contribution in [0.5, 0.6) is 0 Å². The molecule has 104 valence electrons. The minimum absolute atomic E-state index is 1.10. The Bertz CT molecular complexity index is 280. The molecular weight excluding hydrogens is 218 g/mol. The zero-order valence-corrected chi connectivity index (χ0v) is 13.2. The Hall–Kier alpha value is -1.08. The van der Waals surface area contributed by atoms with Crippen LogP contribution >= 0.6 is 0 Å². The zero-order chi connectivity index (χ0) is 14.4. The van der Waals surface area contributed by atoms with Crippen molar-refractivity contribution in [3.05, 3.63) is 48.1 Å². The van der Waals surface area contributed by atoms with Gasteiger partial charge in [-0.3, -0.25) is 0 Å². The third kappa shape index (κ3) is 11.4. The summed E-state index contributed by atoms with van der Waals surface area (Å²) < 4.78 is 0. The fraction of sp³-hybridized carbons (Fsp3) is 0.529. The molecule has 0 amide bonds. The number of hydrogen-bond acceptors (Lipinski definition) is 1.